The van der Waals surface area contributed by atoms with Crippen LogP contribution in [-0.4, -0.2) is 17.7 Å². The van der Waals surface area contributed by atoms with E-state index in [1.54, 1.807) is 0 Å². The van der Waals surface area contributed by atoms with E-state index < -0.39 is 7.60 Å². The maximum absolute atomic E-state index is 11.9. The minimum absolute atomic E-state index is 0.321. The maximum Gasteiger partial charge on any atom is 0.328 e. The molecule has 0 saturated heterocycles. The van der Waals surface area contributed by atoms with Crippen molar-refractivity contribution in [3.05, 3.63) is 12.2 Å². The summed E-state index contributed by atoms with van der Waals surface area (Å²) in [5.74, 6) is 0. The van der Waals surface area contributed by atoms with Crippen molar-refractivity contribution in [3.63, 3.8) is 0 Å². The Labute approximate surface area is 176 Å². The van der Waals surface area contributed by atoms with Gasteiger partial charge in [-0.25, -0.2) is 0 Å². The van der Waals surface area contributed by atoms with Crippen molar-refractivity contribution in [3.8, 4) is 0 Å². The van der Waals surface area contributed by atoms with Gasteiger partial charge in [-0.05, 0) is 38.5 Å². The highest BCUT2D eigenvalue weighted by Gasteiger charge is 2.17. The smallest absolute Gasteiger partial charge is 0.324 e. The molecule has 0 amide bonds. The Bertz CT molecular complexity index is 382. The standard InChI is InChI=1S/C24H49O3P/c1-3-5-7-9-10-11-12-13-14-15-16-17-18-19-20-22-24-28(25,26)27-23-21-8-6-4-2/h13-14H,3-12,15-24H2,1-2H3,(H,25,26)/b14-13-. The highest BCUT2D eigenvalue weighted by atomic mass is 31.2. The third-order valence-electron chi connectivity index (χ3n) is 5.24. The van der Waals surface area contributed by atoms with Crippen LogP contribution in [-0.2, 0) is 9.09 Å². The van der Waals surface area contributed by atoms with E-state index in [9.17, 15) is 9.46 Å². The van der Waals surface area contributed by atoms with Crippen molar-refractivity contribution in [1.29, 1.82) is 0 Å². The van der Waals surface area contributed by atoms with E-state index >= 15 is 0 Å². The summed E-state index contributed by atoms with van der Waals surface area (Å²) in [7, 11) is -3.34. The van der Waals surface area contributed by atoms with Crippen molar-refractivity contribution in [2.75, 3.05) is 12.8 Å². The Kier molecular flexibility index (Phi) is 21.5. The summed E-state index contributed by atoms with van der Waals surface area (Å²) >= 11 is 0. The molecule has 0 aliphatic rings. The van der Waals surface area contributed by atoms with Crippen molar-refractivity contribution in [2.45, 2.75) is 129 Å². The minimum Gasteiger partial charge on any atom is -0.324 e. The van der Waals surface area contributed by atoms with Crippen molar-refractivity contribution in [1.82, 2.24) is 0 Å². The molecule has 4 heteroatoms. The molecule has 0 heterocycles. The van der Waals surface area contributed by atoms with Gasteiger partial charge in [0.05, 0.1) is 6.61 Å². The lowest BCUT2D eigenvalue weighted by Crippen LogP contribution is -1.97. The fourth-order valence-electron chi connectivity index (χ4n) is 3.36. The average Bonchev–Trinajstić information content (AvgIpc) is 2.67. The zero-order valence-corrected chi connectivity index (χ0v) is 19.9. The minimum atomic E-state index is -3.34. The lowest BCUT2D eigenvalue weighted by molar-refractivity contribution is 0.252. The summed E-state index contributed by atoms with van der Waals surface area (Å²) in [4.78, 5) is 9.81. The normalized spacial score (nSPS) is 14.0. The van der Waals surface area contributed by atoms with E-state index in [1.165, 1.54) is 83.5 Å². The lowest BCUT2D eigenvalue weighted by Gasteiger charge is -2.11. The number of hydrogen-bond donors (Lipinski definition) is 1. The second-order valence-electron chi connectivity index (χ2n) is 8.19. The molecule has 0 aromatic heterocycles. The summed E-state index contributed by atoms with van der Waals surface area (Å²) < 4.78 is 17.1. The van der Waals surface area contributed by atoms with Gasteiger partial charge in [0.1, 0.15) is 0 Å². The van der Waals surface area contributed by atoms with Gasteiger partial charge in [0, 0.05) is 6.16 Å². The van der Waals surface area contributed by atoms with E-state index in [1.807, 2.05) is 0 Å². The maximum atomic E-state index is 11.9. The van der Waals surface area contributed by atoms with Crippen LogP contribution in [0.25, 0.3) is 0 Å². The second kappa shape index (κ2) is 21.6. The molecule has 168 valence electrons. The highest BCUT2D eigenvalue weighted by molar-refractivity contribution is 7.52. The third-order valence-corrected chi connectivity index (χ3v) is 6.71. The summed E-state index contributed by atoms with van der Waals surface area (Å²) in [6, 6.07) is 0. The predicted molar refractivity (Wildman–Crippen MR) is 124 cm³/mol. The molecule has 0 radical (unpaired) electrons. The Hall–Kier alpha value is -0.110. The molecule has 3 nitrogen and oxygen atoms in total. The molecule has 1 atom stereocenters. The third kappa shape index (κ3) is 22.2. The number of unbranched alkanes of at least 4 members (excludes halogenated alkanes) is 15. The van der Waals surface area contributed by atoms with Gasteiger partial charge in [-0.3, -0.25) is 4.57 Å². The first-order valence-electron chi connectivity index (χ1n) is 12.2. The van der Waals surface area contributed by atoms with Crippen LogP contribution >= 0.6 is 7.60 Å². The molecular formula is C24H49O3P. The molecule has 0 rings (SSSR count). The largest absolute Gasteiger partial charge is 0.328 e. The fraction of sp³-hybridized carbons (Fsp3) is 0.917. The van der Waals surface area contributed by atoms with E-state index in [0.29, 0.717) is 12.8 Å². The van der Waals surface area contributed by atoms with Crippen LogP contribution in [0.15, 0.2) is 12.2 Å². The Morgan fingerprint density at radius 2 is 1.07 bits per heavy atom. The molecule has 0 aromatic carbocycles. The van der Waals surface area contributed by atoms with Crippen molar-refractivity contribution in [2.24, 2.45) is 0 Å². The van der Waals surface area contributed by atoms with Crippen LogP contribution < -0.4 is 0 Å². The first-order chi connectivity index (χ1) is 13.6. The predicted octanol–water partition coefficient (Wildman–Crippen LogP) is 8.81. The number of rotatable bonds is 22. The molecule has 28 heavy (non-hydrogen) atoms. The highest BCUT2D eigenvalue weighted by Crippen LogP contribution is 2.43. The Balaban J connectivity index is 3.31. The molecule has 0 fully saturated rings. The van der Waals surface area contributed by atoms with Crippen LogP contribution in [0.2, 0.25) is 0 Å². The molecule has 1 unspecified atom stereocenters. The van der Waals surface area contributed by atoms with Gasteiger partial charge < -0.3 is 9.42 Å². The Morgan fingerprint density at radius 1 is 0.643 bits per heavy atom. The van der Waals surface area contributed by atoms with Crippen LogP contribution in [0.1, 0.15) is 129 Å². The summed E-state index contributed by atoms with van der Waals surface area (Å²) in [5.41, 5.74) is 0. The molecule has 0 aromatic rings. The quantitative estimate of drug-likeness (QED) is 0.109. The SMILES string of the molecule is CCCCCCCC/C=C\CCCCCCCCP(=O)(O)OCCCCCC. The number of hydrogen-bond acceptors (Lipinski definition) is 2. The van der Waals surface area contributed by atoms with Crippen LogP contribution in [0, 0.1) is 0 Å². The van der Waals surface area contributed by atoms with E-state index in [2.05, 4.69) is 26.0 Å². The van der Waals surface area contributed by atoms with Gasteiger partial charge >= 0.3 is 7.60 Å². The first kappa shape index (κ1) is 27.9. The molecule has 0 bridgehead atoms. The van der Waals surface area contributed by atoms with Crippen molar-refractivity contribution >= 4 is 7.60 Å². The topological polar surface area (TPSA) is 46.5 Å². The first-order valence-corrected chi connectivity index (χ1v) is 14.0. The van der Waals surface area contributed by atoms with Gasteiger partial charge in [-0.1, -0.05) is 103 Å². The fourth-order valence-corrected chi connectivity index (χ4v) is 4.53. The van der Waals surface area contributed by atoms with Crippen LogP contribution in [0.5, 0.6) is 0 Å². The van der Waals surface area contributed by atoms with Gasteiger partial charge in [0.15, 0.2) is 0 Å². The second-order valence-corrected chi connectivity index (χ2v) is 10.2. The van der Waals surface area contributed by atoms with Crippen LogP contribution in [0.3, 0.4) is 0 Å². The van der Waals surface area contributed by atoms with E-state index in [4.69, 9.17) is 4.52 Å². The summed E-state index contributed by atoms with van der Waals surface area (Å²) in [6.07, 6.45) is 26.9. The van der Waals surface area contributed by atoms with Gasteiger partial charge in [-0.2, -0.15) is 0 Å². The van der Waals surface area contributed by atoms with E-state index in [-0.39, 0.29) is 0 Å². The number of allylic oxidation sites excluding steroid dienone is 2. The van der Waals surface area contributed by atoms with Crippen molar-refractivity contribution < 1.29 is 14.0 Å². The summed E-state index contributed by atoms with van der Waals surface area (Å²) in [6.45, 7) is 4.86. The lowest BCUT2D eigenvalue weighted by atomic mass is 10.1. The molecule has 0 aliphatic heterocycles. The zero-order chi connectivity index (χ0) is 20.8. The molecule has 0 spiro atoms. The van der Waals surface area contributed by atoms with Gasteiger partial charge in [0.2, 0.25) is 0 Å². The molecule has 0 saturated carbocycles. The van der Waals surface area contributed by atoms with Crippen LogP contribution in [0.4, 0.5) is 0 Å². The van der Waals surface area contributed by atoms with Gasteiger partial charge in [0.25, 0.3) is 0 Å². The van der Waals surface area contributed by atoms with E-state index in [0.717, 1.165) is 32.1 Å². The zero-order valence-electron chi connectivity index (χ0n) is 19.0. The average molecular weight is 417 g/mol. The monoisotopic (exact) mass is 416 g/mol. The summed E-state index contributed by atoms with van der Waals surface area (Å²) in [5, 5.41) is 0. The Morgan fingerprint density at radius 3 is 1.61 bits per heavy atom. The molecule has 0 aliphatic carbocycles. The van der Waals surface area contributed by atoms with Gasteiger partial charge in [-0.15, -0.1) is 0 Å². The molecular weight excluding hydrogens is 367 g/mol. The molecule has 1 N–H and O–H groups in total.